The molecular weight excluding hydrogens is 442 g/mol. The van der Waals surface area contributed by atoms with Gasteiger partial charge in [0.05, 0.1) is 22.8 Å². The van der Waals surface area contributed by atoms with E-state index in [9.17, 15) is 18.8 Å². The van der Waals surface area contributed by atoms with Crippen LogP contribution in [-0.4, -0.2) is 20.0 Å². The summed E-state index contributed by atoms with van der Waals surface area (Å²) in [4.78, 5) is 40.6. The molecule has 2 aromatic heterocycles. The Hall–Kier alpha value is -2.56. The zero-order valence-electron chi connectivity index (χ0n) is 13.2. The highest BCUT2D eigenvalue weighted by molar-refractivity contribution is 14.1. The molecule has 0 saturated carbocycles. The van der Waals surface area contributed by atoms with Crippen molar-refractivity contribution in [1.82, 2.24) is 14.1 Å². The average molecular weight is 454 g/mol. The Bertz CT molecular complexity index is 1140. The Labute approximate surface area is 154 Å². The van der Waals surface area contributed by atoms with E-state index in [1.807, 2.05) is 22.6 Å². The maximum Gasteiger partial charge on any atom is 0.332 e. The molecule has 1 aromatic carbocycles. The van der Waals surface area contributed by atoms with Crippen LogP contribution in [0.15, 0.2) is 40.1 Å². The van der Waals surface area contributed by atoms with Crippen LogP contribution >= 0.6 is 22.6 Å². The summed E-state index contributed by atoms with van der Waals surface area (Å²) in [5, 5.41) is 2.83. The minimum absolute atomic E-state index is 0.205. The van der Waals surface area contributed by atoms with E-state index in [1.54, 1.807) is 0 Å². The van der Waals surface area contributed by atoms with E-state index < -0.39 is 23.0 Å². The average Bonchev–Trinajstić information content (AvgIpc) is 2.57. The number of pyridine rings is 1. The standard InChI is InChI=1S/C16H12FIN4O3/c1-21-13-11(15(24)22(2)16(21)25)6-9(7-19-13)20-14(23)10-4-3-8(17)5-12(10)18/h3-7H,1-2H3,(H,20,23). The molecule has 0 unspecified atom stereocenters. The first-order valence-corrected chi connectivity index (χ1v) is 8.19. The molecular formula is C16H12FIN4O3. The Kier molecular flexibility index (Phi) is 4.41. The zero-order valence-corrected chi connectivity index (χ0v) is 15.4. The van der Waals surface area contributed by atoms with Crippen molar-refractivity contribution in [3.8, 4) is 0 Å². The molecule has 2 heterocycles. The second-order valence-corrected chi connectivity index (χ2v) is 6.54. The van der Waals surface area contributed by atoms with E-state index in [0.717, 1.165) is 4.57 Å². The molecule has 0 aliphatic carbocycles. The largest absolute Gasteiger partial charge is 0.332 e. The fourth-order valence-corrected chi connectivity index (χ4v) is 3.13. The number of amides is 1. The highest BCUT2D eigenvalue weighted by atomic mass is 127. The number of carbonyl (C=O) groups is 1. The van der Waals surface area contributed by atoms with Crippen LogP contribution in [0.4, 0.5) is 10.1 Å². The minimum Gasteiger partial charge on any atom is -0.321 e. The minimum atomic E-state index is -0.502. The number of nitrogens with one attached hydrogen (secondary N) is 1. The Balaban J connectivity index is 2.04. The summed E-state index contributed by atoms with van der Waals surface area (Å²) in [6.07, 6.45) is 1.36. The van der Waals surface area contributed by atoms with Gasteiger partial charge in [0.2, 0.25) is 0 Å². The molecule has 0 spiro atoms. The van der Waals surface area contributed by atoms with Crippen LogP contribution in [0.5, 0.6) is 0 Å². The molecule has 25 heavy (non-hydrogen) atoms. The van der Waals surface area contributed by atoms with Gasteiger partial charge in [-0.05, 0) is 46.9 Å². The van der Waals surface area contributed by atoms with Crippen LogP contribution in [0.3, 0.4) is 0 Å². The van der Waals surface area contributed by atoms with Crippen molar-refractivity contribution in [2.45, 2.75) is 0 Å². The van der Waals surface area contributed by atoms with Gasteiger partial charge in [0.1, 0.15) is 11.5 Å². The van der Waals surface area contributed by atoms with E-state index in [4.69, 9.17) is 0 Å². The third-order valence-corrected chi connectivity index (χ3v) is 4.62. The van der Waals surface area contributed by atoms with Crippen LogP contribution in [0.2, 0.25) is 0 Å². The van der Waals surface area contributed by atoms with E-state index in [-0.39, 0.29) is 11.0 Å². The lowest BCUT2D eigenvalue weighted by molar-refractivity contribution is 0.102. The number of anilines is 1. The number of carbonyl (C=O) groups excluding carboxylic acids is 1. The quantitative estimate of drug-likeness (QED) is 0.597. The number of hydrogen-bond donors (Lipinski definition) is 1. The van der Waals surface area contributed by atoms with Crippen LogP contribution in [0.25, 0.3) is 11.0 Å². The van der Waals surface area contributed by atoms with E-state index in [0.29, 0.717) is 14.8 Å². The Morgan fingerprint density at radius 2 is 1.92 bits per heavy atom. The fourth-order valence-electron chi connectivity index (χ4n) is 2.41. The topological polar surface area (TPSA) is 86.0 Å². The first-order valence-electron chi connectivity index (χ1n) is 7.12. The molecule has 0 radical (unpaired) electrons. The SMILES string of the molecule is Cn1c(=O)c2cc(NC(=O)c3ccc(F)cc3I)cnc2n(C)c1=O. The predicted octanol–water partition coefficient (Wildman–Crippen LogP) is 1.63. The van der Waals surface area contributed by atoms with Gasteiger partial charge >= 0.3 is 5.69 Å². The maximum atomic E-state index is 13.2. The number of hydrogen-bond acceptors (Lipinski definition) is 4. The third-order valence-electron chi connectivity index (χ3n) is 3.73. The van der Waals surface area contributed by atoms with Crippen LogP contribution in [0, 0.1) is 9.39 Å². The molecule has 0 saturated heterocycles. The molecule has 1 N–H and O–H groups in total. The van der Waals surface area contributed by atoms with Crippen molar-refractivity contribution in [1.29, 1.82) is 0 Å². The van der Waals surface area contributed by atoms with Crippen LogP contribution < -0.4 is 16.6 Å². The zero-order chi connectivity index (χ0) is 18.3. The van der Waals surface area contributed by atoms with Gasteiger partial charge in [-0.3, -0.25) is 18.7 Å². The summed E-state index contributed by atoms with van der Waals surface area (Å²) in [5.74, 6) is -0.884. The lowest BCUT2D eigenvalue weighted by Crippen LogP contribution is -2.37. The summed E-state index contributed by atoms with van der Waals surface area (Å²) < 4.78 is 15.8. The van der Waals surface area contributed by atoms with Gasteiger partial charge in [0.25, 0.3) is 11.5 Å². The molecule has 0 atom stereocenters. The number of halogens is 2. The summed E-state index contributed by atoms with van der Waals surface area (Å²) in [5.41, 5.74) is -0.160. The van der Waals surface area contributed by atoms with E-state index >= 15 is 0 Å². The van der Waals surface area contributed by atoms with E-state index in [2.05, 4.69) is 10.3 Å². The van der Waals surface area contributed by atoms with Crippen molar-refractivity contribution >= 4 is 45.2 Å². The van der Waals surface area contributed by atoms with Crippen molar-refractivity contribution in [2.75, 3.05) is 5.32 Å². The van der Waals surface area contributed by atoms with Crippen molar-refractivity contribution in [3.05, 3.63) is 66.3 Å². The highest BCUT2D eigenvalue weighted by Crippen LogP contribution is 2.17. The van der Waals surface area contributed by atoms with Crippen molar-refractivity contribution in [2.24, 2.45) is 14.1 Å². The molecule has 1 amide bonds. The second-order valence-electron chi connectivity index (χ2n) is 5.38. The molecule has 0 fully saturated rings. The van der Waals surface area contributed by atoms with Crippen molar-refractivity contribution in [3.63, 3.8) is 0 Å². The number of benzene rings is 1. The van der Waals surface area contributed by atoms with Gasteiger partial charge in [-0.2, -0.15) is 0 Å². The highest BCUT2D eigenvalue weighted by Gasteiger charge is 2.14. The van der Waals surface area contributed by atoms with Gasteiger partial charge in [-0.15, -0.1) is 0 Å². The molecule has 0 aliphatic rings. The third kappa shape index (κ3) is 3.06. The number of aromatic nitrogens is 3. The molecule has 9 heteroatoms. The Morgan fingerprint density at radius 3 is 2.60 bits per heavy atom. The summed E-state index contributed by atoms with van der Waals surface area (Å²) in [7, 11) is 2.88. The second kappa shape index (κ2) is 6.39. The van der Waals surface area contributed by atoms with E-state index in [1.165, 1.54) is 49.1 Å². The van der Waals surface area contributed by atoms with Crippen LogP contribution in [0.1, 0.15) is 10.4 Å². The van der Waals surface area contributed by atoms with Gasteiger partial charge in [-0.25, -0.2) is 14.2 Å². The normalized spacial score (nSPS) is 10.9. The molecule has 128 valence electrons. The molecule has 7 nitrogen and oxygen atoms in total. The number of aryl methyl sites for hydroxylation is 1. The molecule has 0 bridgehead atoms. The van der Waals surface area contributed by atoms with Crippen LogP contribution in [-0.2, 0) is 14.1 Å². The molecule has 0 aliphatic heterocycles. The monoisotopic (exact) mass is 454 g/mol. The number of nitrogens with zero attached hydrogens (tertiary/aromatic N) is 3. The Morgan fingerprint density at radius 1 is 1.20 bits per heavy atom. The number of rotatable bonds is 2. The number of fused-ring (bicyclic) bond motifs is 1. The predicted molar refractivity (Wildman–Crippen MR) is 99.3 cm³/mol. The fraction of sp³-hybridized carbons (Fsp3) is 0.125. The van der Waals surface area contributed by atoms with Gasteiger partial charge < -0.3 is 5.32 Å². The van der Waals surface area contributed by atoms with Gasteiger partial charge in [0.15, 0.2) is 0 Å². The first kappa shape index (κ1) is 17.3. The summed E-state index contributed by atoms with van der Waals surface area (Å²) in [6, 6.07) is 5.28. The smallest absolute Gasteiger partial charge is 0.321 e. The maximum absolute atomic E-state index is 13.2. The molecule has 3 aromatic rings. The lowest BCUT2D eigenvalue weighted by atomic mass is 10.2. The molecule has 3 rings (SSSR count). The van der Waals surface area contributed by atoms with Gasteiger partial charge in [-0.1, -0.05) is 0 Å². The van der Waals surface area contributed by atoms with Gasteiger partial charge in [0, 0.05) is 17.7 Å². The van der Waals surface area contributed by atoms with Crippen molar-refractivity contribution < 1.29 is 9.18 Å². The summed E-state index contributed by atoms with van der Waals surface area (Å²) in [6.45, 7) is 0. The first-order chi connectivity index (χ1) is 11.8. The summed E-state index contributed by atoms with van der Waals surface area (Å²) >= 11 is 1.87. The lowest BCUT2D eigenvalue weighted by Gasteiger charge is -2.10.